The van der Waals surface area contributed by atoms with E-state index in [0.717, 1.165) is 5.56 Å². The molecule has 14 heavy (non-hydrogen) atoms. The lowest BCUT2D eigenvalue weighted by Crippen LogP contribution is -2.02. The second-order valence-electron chi connectivity index (χ2n) is 2.94. The molecule has 0 aliphatic rings. The quantitative estimate of drug-likeness (QED) is 0.578. The zero-order chi connectivity index (χ0) is 10.4. The van der Waals surface area contributed by atoms with Crippen molar-refractivity contribution in [2.75, 3.05) is 26.1 Å². The third-order valence-corrected chi connectivity index (χ3v) is 1.68. The van der Waals surface area contributed by atoms with E-state index in [0.29, 0.717) is 25.5 Å². The van der Waals surface area contributed by atoms with Crippen LogP contribution in [-0.2, 0) is 16.1 Å². The molecule has 0 saturated carbocycles. The number of nitrogen functional groups attached to an aromatic ring is 1. The van der Waals surface area contributed by atoms with Gasteiger partial charge in [-0.1, -0.05) is 0 Å². The van der Waals surface area contributed by atoms with Crippen LogP contribution >= 0.6 is 0 Å². The van der Waals surface area contributed by atoms with Crippen molar-refractivity contribution in [3.8, 4) is 0 Å². The highest BCUT2D eigenvalue weighted by molar-refractivity contribution is 5.41. The molecule has 0 radical (unpaired) electrons. The van der Waals surface area contributed by atoms with Crippen molar-refractivity contribution < 1.29 is 13.9 Å². The van der Waals surface area contributed by atoms with Gasteiger partial charge in [0.05, 0.1) is 19.8 Å². The first-order valence-electron chi connectivity index (χ1n) is 4.34. The number of hydrogen-bond donors (Lipinski definition) is 1. The summed E-state index contributed by atoms with van der Waals surface area (Å²) in [7, 11) is 1.60. The van der Waals surface area contributed by atoms with E-state index in [1.54, 1.807) is 13.2 Å². The van der Waals surface area contributed by atoms with E-state index in [1.807, 2.05) is 0 Å². The summed E-state index contributed by atoms with van der Waals surface area (Å²) in [5.74, 6) is -0.338. The highest BCUT2D eigenvalue weighted by Gasteiger charge is 1.98. The molecule has 1 aromatic rings. The Kier molecular flexibility index (Phi) is 4.35. The molecular weight excluding hydrogens is 185 g/mol. The maximum Gasteiger partial charge on any atom is 0.125 e. The Labute approximate surface area is 82.6 Å². The molecule has 0 fully saturated rings. The van der Waals surface area contributed by atoms with Crippen molar-refractivity contribution in [3.63, 3.8) is 0 Å². The smallest absolute Gasteiger partial charge is 0.125 e. The fourth-order valence-corrected chi connectivity index (χ4v) is 1.09. The van der Waals surface area contributed by atoms with Gasteiger partial charge < -0.3 is 15.2 Å². The number of methoxy groups -OCH3 is 1. The molecule has 1 rings (SSSR count). The van der Waals surface area contributed by atoms with Gasteiger partial charge in [-0.05, 0) is 23.8 Å². The fraction of sp³-hybridized carbons (Fsp3) is 0.400. The molecular formula is C10H14FNO2. The van der Waals surface area contributed by atoms with Crippen LogP contribution in [-0.4, -0.2) is 20.3 Å². The van der Waals surface area contributed by atoms with Gasteiger partial charge in [-0.3, -0.25) is 0 Å². The summed E-state index contributed by atoms with van der Waals surface area (Å²) in [6, 6.07) is 4.37. The summed E-state index contributed by atoms with van der Waals surface area (Å²) >= 11 is 0. The van der Waals surface area contributed by atoms with Crippen LogP contribution in [0.25, 0.3) is 0 Å². The predicted octanol–water partition coefficient (Wildman–Crippen LogP) is 1.57. The van der Waals surface area contributed by atoms with E-state index in [-0.39, 0.29) is 5.82 Å². The van der Waals surface area contributed by atoms with Crippen LogP contribution in [0.1, 0.15) is 5.56 Å². The van der Waals surface area contributed by atoms with Crippen LogP contribution in [0, 0.1) is 5.82 Å². The minimum atomic E-state index is -0.338. The molecule has 0 aliphatic carbocycles. The molecule has 2 N–H and O–H groups in total. The zero-order valence-corrected chi connectivity index (χ0v) is 8.13. The van der Waals surface area contributed by atoms with Gasteiger partial charge in [-0.15, -0.1) is 0 Å². The largest absolute Gasteiger partial charge is 0.399 e. The molecule has 0 aliphatic heterocycles. The van der Waals surface area contributed by atoms with Crippen LogP contribution in [0.2, 0.25) is 0 Å². The predicted molar refractivity (Wildman–Crippen MR) is 52.3 cm³/mol. The highest BCUT2D eigenvalue weighted by atomic mass is 19.1. The monoisotopic (exact) mass is 199 g/mol. The number of halogens is 1. The average molecular weight is 199 g/mol. The van der Waals surface area contributed by atoms with Gasteiger partial charge >= 0.3 is 0 Å². The first kappa shape index (κ1) is 10.9. The SMILES string of the molecule is COCCOCc1cc(N)cc(F)c1. The van der Waals surface area contributed by atoms with Crippen molar-refractivity contribution in [1.82, 2.24) is 0 Å². The Morgan fingerprint density at radius 3 is 2.71 bits per heavy atom. The lowest BCUT2D eigenvalue weighted by molar-refractivity contribution is 0.0616. The Bertz CT molecular complexity index is 271. The lowest BCUT2D eigenvalue weighted by Gasteiger charge is -2.04. The molecule has 78 valence electrons. The Hall–Kier alpha value is -1.13. The molecule has 0 bridgehead atoms. The van der Waals surface area contributed by atoms with Crippen molar-refractivity contribution in [3.05, 3.63) is 29.6 Å². The van der Waals surface area contributed by atoms with Crippen LogP contribution in [0.4, 0.5) is 10.1 Å². The molecule has 1 aromatic carbocycles. The van der Waals surface area contributed by atoms with E-state index in [9.17, 15) is 4.39 Å². The minimum Gasteiger partial charge on any atom is -0.399 e. The van der Waals surface area contributed by atoms with Crippen molar-refractivity contribution in [1.29, 1.82) is 0 Å². The van der Waals surface area contributed by atoms with Crippen molar-refractivity contribution in [2.45, 2.75) is 6.61 Å². The minimum absolute atomic E-state index is 0.338. The lowest BCUT2D eigenvalue weighted by atomic mass is 10.2. The van der Waals surface area contributed by atoms with E-state index >= 15 is 0 Å². The average Bonchev–Trinajstić information content (AvgIpc) is 2.11. The summed E-state index contributed by atoms with van der Waals surface area (Å²) in [5, 5.41) is 0. The number of nitrogens with two attached hydrogens (primary N) is 1. The van der Waals surface area contributed by atoms with Gasteiger partial charge in [-0.25, -0.2) is 4.39 Å². The molecule has 0 spiro atoms. The Balaban J connectivity index is 2.42. The summed E-state index contributed by atoms with van der Waals surface area (Å²) in [6.07, 6.45) is 0. The molecule has 0 atom stereocenters. The van der Waals surface area contributed by atoms with E-state index in [1.165, 1.54) is 12.1 Å². The molecule has 0 heterocycles. The van der Waals surface area contributed by atoms with Crippen molar-refractivity contribution in [2.24, 2.45) is 0 Å². The zero-order valence-electron chi connectivity index (χ0n) is 8.13. The molecule has 0 unspecified atom stereocenters. The van der Waals surface area contributed by atoms with Crippen LogP contribution in [0.5, 0.6) is 0 Å². The number of rotatable bonds is 5. The number of anilines is 1. The van der Waals surface area contributed by atoms with E-state index in [4.69, 9.17) is 15.2 Å². The van der Waals surface area contributed by atoms with Gasteiger partial charge in [0.15, 0.2) is 0 Å². The summed E-state index contributed by atoms with van der Waals surface area (Å²) in [6.45, 7) is 1.38. The first-order chi connectivity index (χ1) is 6.72. The van der Waals surface area contributed by atoms with Gasteiger partial charge in [0.1, 0.15) is 5.82 Å². The normalized spacial score (nSPS) is 10.4. The van der Waals surface area contributed by atoms with Gasteiger partial charge in [0.25, 0.3) is 0 Å². The Morgan fingerprint density at radius 1 is 1.29 bits per heavy atom. The number of hydrogen-bond acceptors (Lipinski definition) is 3. The summed E-state index contributed by atoms with van der Waals surface area (Å²) < 4.78 is 22.9. The highest BCUT2D eigenvalue weighted by Crippen LogP contribution is 2.11. The topological polar surface area (TPSA) is 44.5 Å². The maximum atomic E-state index is 12.8. The number of ether oxygens (including phenoxy) is 2. The molecule has 0 aromatic heterocycles. The fourth-order valence-electron chi connectivity index (χ4n) is 1.09. The second kappa shape index (κ2) is 5.57. The molecule has 0 amide bonds. The maximum absolute atomic E-state index is 12.8. The standard InChI is InChI=1S/C10H14FNO2/c1-13-2-3-14-7-8-4-9(11)6-10(12)5-8/h4-6H,2-3,7,12H2,1H3. The molecule has 4 heteroatoms. The van der Waals surface area contributed by atoms with Crippen LogP contribution < -0.4 is 5.73 Å². The summed E-state index contributed by atoms with van der Waals surface area (Å²) in [5.41, 5.74) is 6.62. The van der Waals surface area contributed by atoms with Gasteiger partial charge in [0.2, 0.25) is 0 Å². The van der Waals surface area contributed by atoms with Crippen LogP contribution in [0.3, 0.4) is 0 Å². The second-order valence-corrected chi connectivity index (χ2v) is 2.94. The summed E-state index contributed by atoms with van der Waals surface area (Å²) in [4.78, 5) is 0. The van der Waals surface area contributed by atoms with Gasteiger partial charge in [-0.2, -0.15) is 0 Å². The van der Waals surface area contributed by atoms with E-state index in [2.05, 4.69) is 0 Å². The first-order valence-corrected chi connectivity index (χ1v) is 4.34. The molecule has 0 saturated heterocycles. The third kappa shape index (κ3) is 3.72. The van der Waals surface area contributed by atoms with Crippen LogP contribution in [0.15, 0.2) is 18.2 Å². The third-order valence-electron chi connectivity index (χ3n) is 1.68. The van der Waals surface area contributed by atoms with Gasteiger partial charge in [0, 0.05) is 12.8 Å². The van der Waals surface area contributed by atoms with Crippen molar-refractivity contribution >= 4 is 5.69 Å². The number of benzene rings is 1. The van der Waals surface area contributed by atoms with E-state index < -0.39 is 0 Å². The Morgan fingerprint density at radius 2 is 2.07 bits per heavy atom. The molecule has 3 nitrogen and oxygen atoms in total.